The maximum atomic E-state index is 12.6. The van der Waals surface area contributed by atoms with Crippen LogP contribution in [0.3, 0.4) is 0 Å². The Labute approximate surface area is 206 Å². The van der Waals surface area contributed by atoms with Crippen molar-refractivity contribution < 1.29 is 19.1 Å². The van der Waals surface area contributed by atoms with Gasteiger partial charge in [0.2, 0.25) is 0 Å². The Morgan fingerprint density at radius 3 is 2.46 bits per heavy atom. The second-order valence-electron chi connectivity index (χ2n) is 9.33. The molecule has 4 rings (SSSR count). The van der Waals surface area contributed by atoms with Crippen molar-refractivity contribution in [1.29, 1.82) is 0 Å². The lowest BCUT2D eigenvalue weighted by molar-refractivity contribution is -0.137. The first-order valence-electron chi connectivity index (χ1n) is 12.3. The van der Waals surface area contributed by atoms with Crippen molar-refractivity contribution in [2.24, 2.45) is 5.92 Å². The number of rotatable bonds is 9. The first kappa shape index (κ1) is 24.5. The minimum atomic E-state index is -0.917. The molecule has 2 heterocycles. The van der Waals surface area contributed by atoms with Crippen LogP contribution < -0.4 is 5.32 Å². The van der Waals surface area contributed by atoms with Crippen LogP contribution in [0.25, 0.3) is 11.3 Å². The van der Waals surface area contributed by atoms with Gasteiger partial charge in [0.05, 0.1) is 12.5 Å². The van der Waals surface area contributed by atoms with Gasteiger partial charge in [-0.2, -0.15) is 0 Å². The van der Waals surface area contributed by atoms with Crippen molar-refractivity contribution in [2.45, 2.75) is 51.5 Å². The molecule has 3 aromatic rings. The molecular weight excluding hydrogens is 442 g/mol. The van der Waals surface area contributed by atoms with E-state index in [1.54, 1.807) is 31.6 Å². The number of amides is 1. The third kappa shape index (κ3) is 6.10. The number of benzene rings is 1. The summed E-state index contributed by atoms with van der Waals surface area (Å²) in [6.45, 7) is 2.20. The Bertz CT molecular complexity index is 1130. The van der Waals surface area contributed by atoms with Crippen molar-refractivity contribution in [3.05, 3.63) is 71.7 Å². The van der Waals surface area contributed by atoms with E-state index < -0.39 is 5.97 Å². The molecule has 1 fully saturated rings. The lowest BCUT2D eigenvalue weighted by Gasteiger charge is -2.31. The summed E-state index contributed by atoms with van der Waals surface area (Å²) in [5.74, 6) is 1.14. The third-order valence-corrected chi connectivity index (χ3v) is 6.84. The lowest BCUT2D eigenvalue weighted by atomic mass is 9.81. The largest absolute Gasteiger partial charge is 0.481 e. The molecule has 35 heavy (non-hydrogen) atoms. The van der Waals surface area contributed by atoms with E-state index in [0.717, 1.165) is 41.2 Å². The first-order chi connectivity index (χ1) is 16.9. The fourth-order valence-electron chi connectivity index (χ4n) is 4.85. The van der Waals surface area contributed by atoms with E-state index in [9.17, 15) is 9.59 Å². The molecule has 0 bridgehead atoms. The quantitative estimate of drug-likeness (QED) is 0.398. The normalized spacial score (nSPS) is 14.9. The van der Waals surface area contributed by atoms with Gasteiger partial charge in [0.15, 0.2) is 0 Å². The molecule has 1 aliphatic rings. The molecular formula is C28H33N3O4. The summed E-state index contributed by atoms with van der Waals surface area (Å²) < 4.78 is 6.17. The van der Waals surface area contributed by atoms with Gasteiger partial charge in [-0.25, -0.2) is 0 Å². The topological polar surface area (TPSA) is 95.7 Å². The SMILES string of the molecule is Cc1oc(-c2ccncc2)cc1C(Nc1ccc(C(=O)N(C)CCC(=O)O)cc1)C1CCCCC1. The number of carboxylic acid groups (broad SMARTS) is 1. The highest BCUT2D eigenvalue weighted by molar-refractivity contribution is 5.94. The standard InChI is InChI=1S/C28H33N3O4/c1-19-24(18-25(35-19)20-12-15-29-16-13-20)27(21-6-4-3-5-7-21)30-23-10-8-22(9-11-23)28(34)31(2)17-14-26(32)33/h8-13,15-16,18,21,27,30H,3-7,14,17H2,1-2H3,(H,32,33). The fourth-order valence-corrected chi connectivity index (χ4v) is 4.85. The monoisotopic (exact) mass is 475 g/mol. The van der Waals surface area contributed by atoms with Crippen molar-refractivity contribution in [3.63, 3.8) is 0 Å². The van der Waals surface area contributed by atoms with Crippen LogP contribution >= 0.6 is 0 Å². The third-order valence-electron chi connectivity index (χ3n) is 6.84. The predicted molar refractivity (Wildman–Crippen MR) is 135 cm³/mol. The second kappa shape index (κ2) is 11.2. The van der Waals surface area contributed by atoms with Gasteiger partial charge in [0.1, 0.15) is 11.5 Å². The van der Waals surface area contributed by atoms with E-state index in [4.69, 9.17) is 9.52 Å². The molecule has 1 aliphatic carbocycles. The highest BCUT2D eigenvalue weighted by Crippen LogP contribution is 2.40. The lowest BCUT2D eigenvalue weighted by Crippen LogP contribution is -2.29. The number of anilines is 1. The number of nitrogens with one attached hydrogen (secondary N) is 1. The maximum absolute atomic E-state index is 12.6. The highest BCUT2D eigenvalue weighted by atomic mass is 16.4. The number of aryl methyl sites for hydroxylation is 1. The van der Waals surface area contributed by atoms with Gasteiger partial charge in [0, 0.05) is 48.4 Å². The summed E-state index contributed by atoms with van der Waals surface area (Å²) in [4.78, 5) is 29.0. The van der Waals surface area contributed by atoms with E-state index in [-0.39, 0.29) is 24.9 Å². The molecule has 1 atom stereocenters. The highest BCUT2D eigenvalue weighted by Gasteiger charge is 2.28. The Balaban J connectivity index is 1.54. The van der Waals surface area contributed by atoms with Crippen molar-refractivity contribution in [3.8, 4) is 11.3 Å². The van der Waals surface area contributed by atoms with Crippen molar-refractivity contribution in [1.82, 2.24) is 9.88 Å². The number of carboxylic acids is 1. The molecule has 7 heteroatoms. The number of hydrogen-bond donors (Lipinski definition) is 2. The summed E-state index contributed by atoms with van der Waals surface area (Å²) in [5.41, 5.74) is 3.65. The molecule has 0 saturated heterocycles. The van der Waals surface area contributed by atoms with Crippen LogP contribution in [0.15, 0.2) is 59.3 Å². The molecule has 2 aromatic heterocycles. The Hall–Kier alpha value is -3.61. The van der Waals surface area contributed by atoms with E-state index in [1.165, 1.54) is 24.2 Å². The van der Waals surface area contributed by atoms with Crippen molar-refractivity contribution >= 4 is 17.6 Å². The number of furan rings is 1. The number of nitrogens with zero attached hydrogens (tertiary/aromatic N) is 2. The van der Waals surface area contributed by atoms with Crippen LogP contribution in [0.1, 0.15) is 66.2 Å². The molecule has 0 radical (unpaired) electrons. The predicted octanol–water partition coefficient (Wildman–Crippen LogP) is 5.93. The number of hydrogen-bond acceptors (Lipinski definition) is 5. The van der Waals surface area contributed by atoms with E-state index >= 15 is 0 Å². The van der Waals surface area contributed by atoms with Crippen LogP contribution in [-0.4, -0.2) is 40.5 Å². The number of aromatic nitrogens is 1. The van der Waals surface area contributed by atoms with Crippen LogP contribution in [0.4, 0.5) is 5.69 Å². The molecule has 0 spiro atoms. The molecule has 1 saturated carbocycles. The Kier molecular flexibility index (Phi) is 7.85. The molecule has 1 amide bonds. The van der Waals surface area contributed by atoms with Crippen LogP contribution in [-0.2, 0) is 4.79 Å². The number of aliphatic carboxylic acids is 1. The second-order valence-corrected chi connectivity index (χ2v) is 9.33. The molecule has 184 valence electrons. The zero-order valence-corrected chi connectivity index (χ0v) is 20.4. The minimum absolute atomic E-state index is 0.0729. The Morgan fingerprint density at radius 1 is 1.11 bits per heavy atom. The van der Waals surface area contributed by atoms with Gasteiger partial charge in [-0.15, -0.1) is 0 Å². The van der Waals surface area contributed by atoms with E-state index in [2.05, 4.69) is 16.4 Å². The van der Waals surface area contributed by atoms with Gasteiger partial charge in [-0.1, -0.05) is 19.3 Å². The molecule has 1 aromatic carbocycles. The fraction of sp³-hybridized carbons (Fsp3) is 0.393. The average molecular weight is 476 g/mol. The average Bonchev–Trinajstić information content (AvgIpc) is 3.28. The van der Waals surface area contributed by atoms with Gasteiger partial charge >= 0.3 is 5.97 Å². The van der Waals surface area contributed by atoms with Gasteiger partial charge in [-0.05, 0) is 68.1 Å². The molecule has 0 aliphatic heterocycles. The zero-order valence-electron chi connectivity index (χ0n) is 20.4. The van der Waals surface area contributed by atoms with E-state index in [1.807, 2.05) is 31.2 Å². The number of pyridine rings is 1. The zero-order chi connectivity index (χ0) is 24.8. The van der Waals surface area contributed by atoms with Crippen LogP contribution in [0, 0.1) is 12.8 Å². The van der Waals surface area contributed by atoms with Crippen LogP contribution in [0.5, 0.6) is 0 Å². The van der Waals surface area contributed by atoms with Gasteiger partial charge in [0.25, 0.3) is 5.91 Å². The van der Waals surface area contributed by atoms with E-state index in [0.29, 0.717) is 11.5 Å². The summed E-state index contributed by atoms with van der Waals surface area (Å²) in [5, 5.41) is 12.6. The number of carbonyl (C=O) groups is 2. The first-order valence-corrected chi connectivity index (χ1v) is 12.3. The molecule has 7 nitrogen and oxygen atoms in total. The summed E-state index contributed by atoms with van der Waals surface area (Å²) >= 11 is 0. The summed E-state index contributed by atoms with van der Waals surface area (Å²) in [6, 6.07) is 13.6. The summed E-state index contributed by atoms with van der Waals surface area (Å²) in [6.07, 6.45) is 9.53. The summed E-state index contributed by atoms with van der Waals surface area (Å²) in [7, 11) is 1.62. The van der Waals surface area contributed by atoms with Crippen LogP contribution in [0.2, 0.25) is 0 Å². The Morgan fingerprint density at radius 2 is 1.80 bits per heavy atom. The minimum Gasteiger partial charge on any atom is -0.481 e. The smallest absolute Gasteiger partial charge is 0.305 e. The number of carbonyl (C=O) groups excluding carboxylic acids is 1. The van der Waals surface area contributed by atoms with Gasteiger partial charge in [-0.3, -0.25) is 14.6 Å². The molecule has 1 unspecified atom stereocenters. The molecule has 2 N–H and O–H groups in total. The maximum Gasteiger partial charge on any atom is 0.305 e. The van der Waals surface area contributed by atoms with Crippen molar-refractivity contribution in [2.75, 3.05) is 18.9 Å². The van der Waals surface area contributed by atoms with Gasteiger partial charge < -0.3 is 19.7 Å².